The van der Waals surface area contributed by atoms with Crippen molar-refractivity contribution in [3.8, 4) is 5.75 Å². The molecule has 2 heterocycles. The summed E-state index contributed by atoms with van der Waals surface area (Å²) >= 11 is 0. The number of anilines is 1. The van der Waals surface area contributed by atoms with Gasteiger partial charge in [0.25, 0.3) is 0 Å². The number of benzene rings is 2. The number of ether oxygens (including phenoxy) is 1. The molecule has 1 aliphatic rings. The van der Waals surface area contributed by atoms with Gasteiger partial charge in [-0.1, -0.05) is 24.3 Å². The van der Waals surface area contributed by atoms with E-state index in [9.17, 15) is 22.8 Å². The minimum Gasteiger partial charge on any atom is -0.406 e. The lowest BCUT2D eigenvalue weighted by Crippen LogP contribution is -2.43. The maximum atomic E-state index is 12.9. The number of carbonyl (C=O) groups excluding carboxylic acids is 2. The van der Waals surface area contributed by atoms with Gasteiger partial charge in [-0.3, -0.25) is 4.79 Å². The molecule has 1 aliphatic heterocycles. The summed E-state index contributed by atoms with van der Waals surface area (Å²) in [4.78, 5) is 27.1. The molecule has 1 fully saturated rings. The highest BCUT2D eigenvalue weighted by molar-refractivity contribution is 5.95. The van der Waals surface area contributed by atoms with Crippen LogP contribution in [0.25, 0.3) is 10.9 Å². The van der Waals surface area contributed by atoms with E-state index in [2.05, 4.69) is 10.1 Å². The first-order valence-electron chi connectivity index (χ1n) is 9.80. The first kappa shape index (κ1) is 20.8. The number of carbonyl (C=O) groups is 2. The highest BCUT2D eigenvalue weighted by Crippen LogP contribution is 2.26. The average molecular weight is 431 g/mol. The van der Waals surface area contributed by atoms with Gasteiger partial charge in [-0.15, -0.1) is 13.2 Å². The maximum absolute atomic E-state index is 12.9. The van der Waals surface area contributed by atoms with Crippen molar-refractivity contribution in [3.05, 3.63) is 60.8 Å². The van der Waals surface area contributed by atoms with Crippen molar-refractivity contribution in [3.63, 3.8) is 0 Å². The van der Waals surface area contributed by atoms with Crippen molar-refractivity contribution in [2.24, 2.45) is 0 Å². The fourth-order valence-electron chi connectivity index (χ4n) is 3.86. The van der Waals surface area contributed by atoms with E-state index in [4.69, 9.17) is 0 Å². The van der Waals surface area contributed by atoms with Crippen LogP contribution >= 0.6 is 0 Å². The van der Waals surface area contributed by atoms with Crippen LogP contribution in [0.3, 0.4) is 0 Å². The Hall–Kier alpha value is -3.49. The van der Waals surface area contributed by atoms with Gasteiger partial charge in [0.05, 0.1) is 12.6 Å². The van der Waals surface area contributed by atoms with Crippen LogP contribution in [0.2, 0.25) is 0 Å². The van der Waals surface area contributed by atoms with Crippen LogP contribution in [0.5, 0.6) is 5.75 Å². The molecule has 3 aromatic rings. The van der Waals surface area contributed by atoms with E-state index in [0.717, 1.165) is 23.0 Å². The number of urea groups is 1. The van der Waals surface area contributed by atoms with Crippen molar-refractivity contribution in [2.45, 2.75) is 31.8 Å². The van der Waals surface area contributed by atoms with E-state index in [1.165, 1.54) is 17.0 Å². The predicted molar refractivity (Wildman–Crippen MR) is 109 cm³/mol. The van der Waals surface area contributed by atoms with E-state index < -0.39 is 24.2 Å². The number of ketones is 1. The molecule has 0 spiro atoms. The fourth-order valence-corrected chi connectivity index (χ4v) is 3.86. The lowest BCUT2D eigenvalue weighted by Gasteiger charge is -2.24. The zero-order valence-electron chi connectivity index (χ0n) is 16.4. The highest BCUT2D eigenvalue weighted by Gasteiger charge is 2.34. The summed E-state index contributed by atoms with van der Waals surface area (Å²) in [5.41, 5.74) is 1.09. The van der Waals surface area contributed by atoms with E-state index >= 15 is 0 Å². The number of hydrogen-bond donors (Lipinski definition) is 1. The van der Waals surface area contributed by atoms with Gasteiger partial charge in [0.2, 0.25) is 0 Å². The van der Waals surface area contributed by atoms with Crippen LogP contribution in [-0.4, -0.2) is 40.2 Å². The van der Waals surface area contributed by atoms with E-state index in [0.29, 0.717) is 19.4 Å². The van der Waals surface area contributed by atoms with Crippen molar-refractivity contribution >= 4 is 28.4 Å². The Kier molecular flexibility index (Phi) is 5.58. The molecule has 1 atom stereocenters. The van der Waals surface area contributed by atoms with Crippen molar-refractivity contribution in [2.75, 3.05) is 11.9 Å². The Morgan fingerprint density at radius 3 is 2.71 bits per heavy atom. The van der Waals surface area contributed by atoms with Gasteiger partial charge < -0.3 is 19.5 Å². The monoisotopic (exact) mass is 431 g/mol. The number of rotatable bonds is 5. The molecule has 1 N–H and O–H groups in total. The third kappa shape index (κ3) is 4.82. The van der Waals surface area contributed by atoms with Crippen molar-refractivity contribution in [1.82, 2.24) is 9.47 Å². The second kappa shape index (κ2) is 8.33. The zero-order valence-corrected chi connectivity index (χ0v) is 16.4. The SMILES string of the molecule is O=C(Cn1ccc2ccccc21)[C@@H]1CCCN1C(=O)Nc1cccc(OC(F)(F)F)c1. The number of fused-ring (bicyclic) bond motifs is 1. The second-order valence-corrected chi connectivity index (χ2v) is 7.33. The molecular weight excluding hydrogens is 411 g/mol. The van der Waals surface area contributed by atoms with Gasteiger partial charge in [-0.25, -0.2) is 4.79 Å². The van der Waals surface area contributed by atoms with Gasteiger partial charge in [0.1, 0.15) is 5.75 Å². The number of nitrogens with one attached hydrogen (secondary N) is 1. The van der Waals surface area contributed by atoms with Gasteiger partial charge in [0, 0.05) is 30.0 Å². The summed E-state index contributed by atoms with van der Waals surface area (Å²) in [6.07, 6.45) is -1.76. The first-order valence-corrected chi connectivity index (χ1v) is 9.80. The predicted octanol–water partition coefficient (Wildman–Crippen LogP) is 4.81. The van der Waals surface area contributed by atoms with Crippen LogP contribution in [0.1, 0.15) is 12.8 Å². The lowest BCUT2D eigenvalue weighted by atomic mass is 10.1. The van der Waals surface area contributed by atoms with Crippen LogP contribution < -0.4 is 10.1 Å². The molecule has 162 valence electrons. The van der Waals surface area contributed by atoms with Gasteiger partial charge in [-0.2, -0.15) is 0 Å². The summed E-state index contributed by atoms with van der Waals surface area (Å²) in [6, 6.07) is 13.6. The molecule has 6 nitrogen and oxygen atoms in total. The van der Waals surface area contributed by atoms with Crippen LogP contribution in [0.4, 0.5) is 23.7 Å². The molecule has 4 rings (SSSR count). The van der Waals surface area contributed by atoms with Crippen molar-refractivity contribution < 1.29 is 27.5 Å². The molecule has 31 heavy (non-hydrogen) atoms. The number of nitrogens with zero attached hydrogens (tertiary/aromatic N) is 2. The standard InChI is InChI=1S/C22H20F3N3O3/c23-22(24,25)31-17-7-3-6-16(13-17)26-21(30)28-11-4-9-19(28)20(29)14-27-12-10-15-5-1-2-8-18(15)27/h1-3,5-8,10,12-13,19H,4,9,11,14H2,(H,26,30)/t19-/m0/s1. The molecular formula is C22H20F3N3O3. The van der Waals surface area contributed by atoms with Gasteiger partial charge >= 0.3 is 12.4 Å². The summed E-state index contributed by atoms with van der Waals surface area (Å²) in [5.74, 6) is -0.526. The minimum absolute atomic E-state index is 0.0943. The van der Waals surface area contributed by atoms with Gasteiger partial charge in [-0.05, 0) is 42.5 Å². The molecule has 0 aliphatic carbocycles. The molecule has 0 unspecified atom stereocenters. The Balaban J connectivity index is 1.44. The normalized spacial score (nSPS) is 16.5. The second-order valence-electron chi connectivity index (χ2n) is 7.33. The lowest BCUT2D eigenvalue weighted by molar-refractivity contribution is -0.274. The molecule has 1 aromatic heterocycles. The summed E-state index contributed by atoms with van der Waals surface area (Å²) in [6.45, 7) is 0.532. The third-order valence-corrected chi connectivity index (χ3v) is 5.21. The molecule has 2 amide bonds. The quantitative estimate of drug-likeness (QED) is 0.631. The van der Waals surface area contributed by atoms with E-state index in [1.54, 1.807) is 0 Å². The van der Waals surface area contributed by atoms with E-state index in [1.807, 2.05) is 41.1 Å². The third-order valence-electron chi connectivity index (χ3n) is 5.21. The first-order chi connectivity index (χ1) is 14.8. The zero-order chi connectivity index (χ0) is 22.0. The number of aromatic nitrogens is 1. The van der Waals surface area contributed by atoms with Crippen LogP contribution in [0, 0.1) is 0 Å². The molecule has 0 saturated carbocycles. The topological polar surface area (TPSA) is 63.6 Å². The number of hydrogen-bond acceptors (Lipinski definition) is 3. The molecule has 0 radical (unpaired) electrons. The number of alkyl halides is 3. The summed E-state index contributed by atoms with van der Waals surface area (Å²) in [7, 11) is 0. The largest absolute Gasteiger partial charge is 0.573 e. The average Bonchev–Trinajstić information content (AvgIpc) is 3.35. The van der Waals surface area contributed by atoms with E-state index in [-0.39, 0.29) is 18.0 Å². The number of halogens is 3. The Labute approximate surface area is 176 Å². The van der Waals surface area contributed by atoms with Crippen LogP contribution in [-0.2, 0) is 11.3 Å². The summed E-state index contributed by atoms with van der Waals surface area (Å²) in [5, 5.41) is 3.59. The minimum atomic E-state index is -4.82. The number of amides is 2. The van der Waals surface area contributed by atoms with Crippen molar-refractivity contribution in [1.29, 1.82) is 0 Å². The number of likely N-dealkylation sites (tertiary alicyclic amines) is 1. The molecule has 0 bridgehead atoms. The number of para-hydroxylation sites is 1. The van der Waals surface area contributed by atoms with Crippen LogP contribution in [0.15, 0.2) is 60.8 Å². The molecule has 9 heteroatoms. The fraction of sp³-hybridized carbons (Fsp3) is 0.273. The maximum Gasteiger partial charge on any atom is 0.573 e. The Morgan fingerprint density at radius 1 is 1.10 bits per heavy atom. The van der Waals surface area contributed by atoms with Gasteiger partial charge in [0.15, 0.2) is 5.78 Å². The molecule has 1 saturated heterocycles. The number of Topliss-reactive ketones (excluding diaryl/α,β-unsaturated/α-hetero) is 1. The Bertz CT molecular complexity index is 1110. The molecule has 2 aromatic carbocycles. The highest BCUT2D eigenvalue weighted by atomic mass is 19.4. The smallest absolute Gasteiger partial charge is 0.406 e. The Morgan fingerprint density at radius 2 is 1.90 bits per heavy atom. The summed E-state index contributed by atoms with van der Waals surface area (Å²) < 4.78 is 43.0.